The standard InChI is InChI=1S/C28H25FN4O/c29-22-8-9-27-24(13-22)23(10-11-32-27)20-6-4-18(5-7-20)15-33-28(34)26-17-31-16-25(26)21-3-1-2-19(12-21)14-30/h1-3,8-13,16-18,20,31H,4-7,15H2,(H,33,34). The summed E-state index contributed by atoms with van der Waals surface area (Å²) in [5.74, 6) is 0.440. The number of nitriles is 1. The van der Waals surface area contributed by atoms with Gasteiger partial charge in [0, 0.05) is 36.1 Å². The third kappa shape index (κ3) is 4.42. The molecule has 0 saturated heterocycles. The maximum atomic E-state index is 13.8. The zero-order valence-corrected chi connectivity index (χ0v) is 18.7. The van der Waals surface area contributed by atoms with Crippen molar-refractivity contribution in [1.29, 1.82) is 5.26 Å². The van der Waals surface area contributed by atoms with E-state index >= 15 is 0 Å². The summed E-state index contributed by atoms with van der Waals surface area (Å²) in [7, 11) is 0. The molecule has 0 unspecified atom stereocenters. The van der Waals surface area contributed by atoms with E-state index in [1.807, 2.05) is 24.4 Å². The Balaban J connectivity index is 1.21. The summed E-state index contributed by atoms with van der Waals surface area (Å²) in [4.78, 5) is 20.3. The number of halogens is 1. The number of pyridine rings is 1. The van der Waals surface area contributed by atoms with Gasteiger partial charge in [0.25, 0.3) is 5.91 Å². The van der Waals surface area contributed by atoms with Crippen molar-refractivity contribution >= 4 is 16.8 Å². The lowest BCUT2D eigenvalue weighted by Gasteiger charge is -2.29. The van der Waals surface area contributed by atoms with E-state index in [1.165, 1.54) is 11.6 Å². The molecule has 1 fully saturated rings. The third-order valence-corrected chi connectivity index (χ3v) is 6.87. The zero-order valence-electron chi connectivity index (χ0n) is 18.7. The summed E-state index contributed by atoms with van der Waals surface area (Å²) in [5.41, 5.74) is 4.77. The lowest BCUT2D eigenvalue weighted by Crippen LogP contribution is -2.31. The lowest BCUT2D eigenvalue weighted by molar-refractivity contribution is 0.0943. The van der Waals surface area contributed by atoms with Crippen molar-refractivity contribution < 1.29 is 9.18 Å². The van der Waals surface area contributed by atoms with Crippen LogP contribution in [0.2, 0.25) is 0 Å². The largest absolute Gasteiger partial charge is 0.366 e. The highest BCUT2D eigenvalue weighted by molar-refractivity contribution is 6.00. The molecular weight excluding hydrogens is 427 g/mol. The molecule has 1 aliphatic rings. The average molecular weight is 453 g/mol. The van der Waals surface area contributed by atoms with Crippen LogP contribution in [0.25, 0.3) is 22.0 Å². The van der Waals surface area contributed by atoms with Crippen molar-refractivity contribution in [3.63, 3.8) is 0 Å². The first-order chi connectivity index (χ1) is 16.6. The van der Waals surface area contributed by atoms with Crippen LogP contribution < -0.4 is 5.32 Å². The molecule has 5 rings (SSSR count). The Labute approximate surface area is 197 Å². The SMILES string of the molecule is N#Cc1cccc(-c2c[nH]cc2C(=O)NCC2CCC(c3ccnc4ccc(F)cc34)CC2)c1. The molecule has 6 heteroatoms. The highest BCUT2D eigenvalue weighted by Gasteiger charge is 2.25. The predicted molar refractivity (Wildman–Crippen MR) is 130 cm³/mol. The zero-order chi connectivity index (χ0) is 23.5. The van der Waals surface area contributed by atoms with Gasteiger partial charge in [-0.05, 0) is 85.0 Å². The topological polar surface area (TPSA) is 81.6 Å². The molecule has 1 amide bonds. The average Bonchev–Trinajstić information content (AvgIpc) is 3.37. The number of amides is 1. The van der Waals surface area contributed by atoms with Crippen molar-refractivity contribution in [1.82, 2.24) is 15.3 Å². The number of carbonyl (C=O) groups is 1. The van der Waals surface area contributed by atoms with Gasteiger partial charge in [0.1, 0.15) is 5.82 Å². The van der Waals surface area contributed by atoms with Gasteiger partial charge in [0.05, 0.1) is 22.7 Å². The second kappa shape index (κ2) is 9.48. The smallest absolute Gasteiger partial charge is 0.253 e. The third-order valence-electron chi connectivity index (χ3n) is 6.87. The molecule has 0 atom stereocenters. The van der Waals surface area contributed by atoms with Crippen LogP contribution in [0.15, 0.2) is 67.1 Å². The Hall–Kier alpha value is -3.98. The van der Waals surface area contributed by atoms with Crippen LogP contribution >= 0.6 is 0 Å². The van der Waals surface area contributed by atoms with Gasteiger partial charge in [-0.25, -0.2) is 4.39 Å². The van der Waals surface area contributed by atoms with Gasteiger partial charge in [-0.15, -0.1) is 0 Å². The van der Waals surface area contributed by atoms with Gasteiger partial charge in [0.2, 0.25) is 0 Å². The summed E-state index contributed by atoms with van der Waals surface area (Å²) < 4.78 is 13.8. The molecule has 0 radical (unpaired) electrons. The predicted octanol–water partition coefficient (Wildman–Crippen LogP) is 5.94. The van der Waals surface area contributed by atoms with Crippen LogP contribution in [-0.2, 0) is 0 Å². The van der Waals surface area contributed by atoms with E-state index in [1.54, 1.807) is 36.7 Å². The molecule has 2 N–H and O–H groups in total. The van der Waals surface area contributed by atoms with Crippen molar-refractivity contribution in [2.75, 3.05) is 6.54 Å². The van der Waals surface area contributed by atoms with Crippen molar-refractivity contribution in [3.05, 3.63) is 89.6 Å². The van der Waals surface area contributed by atoms with E-state index in [0.717, 1.165) is 47.7 Å². The molecule has 1 aliphatic carbocycles. The summed E-state index contributed by atoms with van der Waals surface area (Å²) in [6, 6.07) is 16.2. The summed E-state index contributed by atoms with van der Waals surface area (Å²) >= 11 is 0. The van der Waals surface area contributed by atoms with Crippen molar-refractivity contribution in [3.8, 4) is 17.2 Å². The number of hydrogen-bond donors (Lipinski definition) is 2. The number of nitrogens with zero attached hydrogens (tertiary/aromatic N) is 2. The molecule has 2 aromatic carbocycles. The molecule has 0 spiro atoms. The molecule has 2 aromatic heterocycles. The van der Waals surface area contributed by atoms with E-state index in [9.17, 15) is 9.18 Å². The second-order valence-electron chi connectivity index (χ2n) is 8.96. The van der Waals surface area contributed by atoms with E-state index < -0.39 is 0 Å². The van der Waals surface area contributed by atoms with Gasteiger partial charge >= 0.3 is 0 Å². The monoisotopic (exact) mass is 452 g/mol. The van der Waals surface area contributed by atoms with Crippen LogP contribution in [0, 0.1) is 23.1 Å². The number of benzene rings is 2. The highest BCUT2D eigenvalue weighted by atomic mass is 19.1. The highest BCUT2D eigenvalue weighted by Crippen LogP contribution is 2.38. The maximum absolute atomic E-state index is 13.8. The number of nitrogens with one attached hydrogen (secondary N) is 2. The van der Waals surface area contributed by atoms with E-state index in [-0.39, 0.29) is 11.7 Å². The summed E-state index contributed by atoms with van der Waals surface area (Å²) in [5, 5.41) is 13.2. The van der Waals surface area contributed by atoms with Crippen LogP contribution in [0.4, 0.5) is 4.39 Å². The normalized spacial score (nSPS) is 17.9. The quantitative estimate of drug-likeness (QED) is 0.393. The Morgan fingerprint density at radius 2 is 1.97 bits per heavy atom. The summed E-state index contributed by atoms with van der Waals surface area (Å²) in [6.45, 7) is 0.625. The minimum Gasteiger partial charge on any atom is -0.366 e. The number of aromatic nitrogens is 2. The van der Waals surface area contributed by atoms with E-state index in [4.69, 9.17) is 5.26 Å². The number of hydrogen-bond acceptors (Lipinski definition) is 3. The Morgan fingerprint density at radius 1 is 1.12 bits per heavy atom. The van der Waals surface area contributed by atoms with Gasteiger partial charge in [-0.3, -0.25) is 9.78 Å². The first kappa shape index (κ1) is 21.8. The number of carbonyl (C=O) groups excluding carboxylic acids is 1. The van der Waals surface area contributed by atoms with Crippen molar-refractivity contribution in [2.45, 2.75) is 31.6 Å². The Kier molecular flexibility index (Phi) is 6.09. The van der Waals surface area contributed by atoms with Crippen LogP contribution in [0.5, 0.6) is 0 Å². The number of H-pyrrole nitrogens is 1. The first-order valence-corrected chi connectivity index (χ1v) is 11.6. The van der Waals surface area contributed by atoms with E-state index in [2.05, 4.69) is 21.4 Å². The van der Waals surface area contributed by atoms with Gasteiger partial charge in [-0.1, -0.05) is 12.1 Å². The second-order valence-corrected chi connectivity index (χ2v) is 8.96. The fraction of sp³-hybridized carbons (Fsp3) is 0.250. The molecular formula is C28H25FN4O. The molecule has 0 bridgehead atoms. The fourth-order valence-electron chi connectivity index (χ4n) is 5.05. The molecule has 0 aliphatic heterocycles. The molecule has 170 valence electrons. The molecule has 2 heterocycles. The van der Waals surface area contributed by atoms with E-state index in [0.29, 0.717) is 29.5 Å². The first-order valence-electron chi connectivity index (χ1n) is 11.6. The molecule has 34 heavy (non-hydrogen) atoms. The van der Waals surface area contributed by atoms with Crippen LogP contribution in [0.3, 0.4) is 0 Å². The molecule has 4 aromatic rings. The van der Waals surface area contributed by atoms with Gasteiger partial charge in [0.15, 0.2) is 0 Å². The Morgan fingerprint density at radius 3 is 2.79 bits per heavy atom. The lowest BCUT2D eigenvalue weighted by atomic mass is 9.78. The number of aromatic amines is 1. The maximum Gasteiger partial charge on any atom is 0.253 e. The number of rotatable bonds is 5. The molecule has 1 saturated carbocycles. The van der Waals surface area contributed by atoms with Crippen LogP contribution in [-0.4, -0.2) is 22.4 Å². The minimum atomic E-state index is -0.235. The molecule has 5 nitrogen and oxygen atoms in total. The van der Waals surface area contributed by atoms with Gasteiger partial charge in [-0.2, -0.15) is 5.26 Å². The van der Waals surface area contributed by atoms with Crippen LogP contribution in [0.1, 0.15) is 53.1 Å². The van der Waals surface area contributed by atoms with Crippen molar-refractivity contribution in [2.24, 2.45) is 5.92 Å². The van der Waals surface area contributed by atoms with Gasteiger partial charge < -0.3 is 10.3 Å². The number of fused-ring (bicyclic) bond motifs is 1. The minimum absolute atomic E-state index is 0.115. The fourth-order valence-corrected chi connectivity index (χ4v) is 5.05. The summed E-state index contributed by atoms with van der Waals surface area (Å²) in [6.07, 6.45) is 9.33. The Bertz CT molecular complexity index is 1380.